The predicted molar refractivity (Wildman–Crippen MR) is 75.6 cm³/mol. The number of amides is 1. The first kappa shape index (κ1) is 15.5. The molecule has 0 aliphatic rings. The molecule has 4 heteroatoms. The van der Waals surface area contributed by atoms with Crippen molar-refractivity contribution in [3.05, 3.63) is 30.1 Å². The summed E-state index contributed by atoms with van der Waals surface area (Å²) >= 11 is 0. The van der Waals surface area contributed by atoms with Crippen molar-refractivity contribution < 1.29 is 9.53 Å². The lowest BCUT2D eigenvalue weighted by Gasteiger charge is -2.34. The average molecular weight is 264 g/mol. The molecule has 1 N–H and O–H groups in total. The van der Waals surface area contributed by atoms with Crippen molar-refractivity contribution in [1.29, 1.82) is 0 Å². The van der Waals surface area contributed by atoms with Gasteiger partial charge in [-0.05, 0) is 23.5 Å². The number of carbonyl (C=O) groups is 1. The molecule has 0 bridgehead atoms. The topological polar surface area (TPSA) is 51.2 Å². The average Bonchev–Trinajstić information content (AvgIpc) is 2.33. The van der Waals surface area contributed by atoms with E-state index in [1.807, 2.05) is 18.2 Å². The standard InChI is InChI=1S/C15H24N2O2/c1-11(2)13(15(3,4)5)17-14(18)19-10-12-8-6-7-9-16-12/h6-9,11,13H,10H2,1-5H3,(H,17,18). The fourth-order valence-corrected chi connectivity index (χ4v) is 2.17. The Morgan fingerprint density at radius 2 is 2.05 bits per heavy atom. The van der Waals surface area contributed by atoms with E-state index in [2.05, 4.69) is 44.9 Å². The highest BCUT2D eigenvalue weighted by atomic mass is 16.5. The van der Waals surface area contributed by atoms with Crippen LogP contribution in [0.1, 0.15) is 40.3 Å². The quantitative estimate of drug-likeness (QED) is 0.907. The molecule has 4 nitrogen and oxygen atoms in total. The summed E-state index contributed by atoms with van der Waals surface area (Å²) in [5.74, 6) is 0.349. The number of carbonyl (C=O) groups excluding carboxylic acids is 1. The summed E-state index contributed by atoms with van der Waals surface area (Å²) in [5.41, 5.74) is 0.743. The van der Waals surface area contributed by atoms with E-state index in [4.69, 9.17) is 4.74 Å². The van der Waals surface area contributed by atoms with Gasteiger partial charge in [0.05, 0.1) is 5.69 Å². The predicted octanol–water partition coefficient (Wildman–Crippen LogP) is 3.38. The maximum atomic E-state index is 11.8. The van der Waals surface area contributed by atoms with Crippen molar-refractivity contribution in [2.45, 2.75) is 47.3 Å². The first-order valence-electron chi connectivity index (χ1n) is 6.64. The van der Waals surface area contributed by atoms with Crippen molar-refractivity contribution >= 4 is 6.09 Å². The number of nitrogens with one attached hydrogen (secondary N) is 1. The molecule has 1 rings (SSSR count). The molecule has 0 saturated heterocycles. The molecule has 1 amide bonds. The fourth-order valence-electron chi connectivity index (χ4n) is 2.17. The Balaban J connectivity index is 2.50. The zero-order valence-corrected chi connectivity index (χ0v) is 12.4. The smallest absolute Gasteiger partial charge is 0.407 e. The highest BCUT2D eigenvalue weighted by Crippen LogP contribution is 2.25. The van der Waals surface area contributed by atoms with Crippen molar-refractivity contribution in [2.24, 2.45) is 11.3 Å². The Labute approximate surface area is 115 Å². The van der Waals surface area contributed by atoms with Crippen LogP contribution < -0.4 is 5.32 Å². The van der Waals surface area contributed by atoms with E-state index in [0.717, 1.165) is 5.69 Å². The van der Waals surface area contributed by atoms with E-state index in [-0.39, 0.29) is 24.2 Å². The molecule has 1 heterocycles. The van der Waals surface area contributed by atoms with Crippen molar-refractivity contribution in [3.63, 3.8) is 0 Å². The van der Waals surface area contributed by atoms with Gasteiger partial charge in [0.2, 0.25) is 0 Å². The van der Waals surface area contributed by atoms with Gasteiger partial charge in [0.1, 0.15) is 6.61 Å². The Kier molecular flexibility index (Phi) is 5.33. The second-order valence-corrected chi connectivity index (χ2v) is 6.13. The molecule has 0 aliphatic heterocycles. The van der Waals surface area contributed by atoms with Gasteiger partial charge >= 0.3 is 6.09 Å². The summed E-state index contributed by atoms with van der Waals surface area (Å²) in [6.45, 7) is 10.7. The number of rotatable bonds is 4. The molecular formula is C15H24N2O2. The van der Waals surface area contributed by atoms with Crippen LogP contribution >= 0.6 is 0 Å². The number of alkyl carbamates (subject to hydrolysis) is 1. The van der Waals surface area contributed by atoms with Gasteiger partial charge in [-0.1, -0.05) is 40.7 Å². The van der Waals surface area contributed by atoms with Crippen LogP contribution in [0.4, 0.5) is 4.79 Å². The maximum Gasteiger partial charge on any atom is 0.407 e. The zero-order valence-electron chi connectivity index (χ0n) is 12.4. The second kappa shape index (κ2) is 6.55. The molecule has 0 aliphatic carbocycles. The highest BCUT2D eigenvalue weighted by molar-refractivity contribution is 5.67. The molecule has 0 fully saturated rings. The third kappa shape index (κ3) is 5.28. The molecule has 0 radical (unpaired) electrons. The maximum absolute atomic E-state index is 11.8. The minimum absolute atomic E-state index is 0.00180. The van der Waals surface area contributed by atoms with Crippen LogP contribution in [0.15, 0.2) is 24.4 Å². The van der Waals surface area contributed by atoms with Gasteiger partial charge in [-0.2, -0.15) is 0 Å². The molecule has 1 unspecified atom stereocenters. The first-order valence-corrected chi connectivity index (χ1v) is 6.64. The van der Waals surface area contributed by atoms with Crippen LogP contribution in [0.2, 0.25) is 0 Å². The third-order valence-corrected chi connectivity index (χ3v) is 2.95. The van der Waals surface area contributed by atoms with Crippen molar-refractivity contribution in [3.8, 4) is 0 Å². The number of ether oxygens (including phenoxy) is 1. The number of aromatic nitrogens is 1. The SMILES string of the molecule is CC(C)C(NC(=O)OCc1ccccn1)C(C)(C)C. The molecule has 1 atom stereocenters. The summed E-state index contributed by atoms with van der Waals surface area (Å²) in [5, 5.41) is 2.94. The van der Waals surface area contributed by atoms with Gasteiger partial charge in [0, 0.05) is 12.2 Å². The second-order valence-electron chi connectivity index (χ2n) is 6.13. The van der Waals surface area contributed by atoms with E-state index in [9.17, 15) is 4.79 Å². The molecule has 0 spiro atoms. The number of pyridine rings is 1. The zero-order chi connectivity index (χ0) is 14.5. The molecule has 0 saturated carbocycles. The lowest BCUT2D eigenvalue weighted by Crippen LogP contribution is -2.47. The van der Waals surface area contributed by atoms with E-state index >= 15 is 0 Å². The summed E-state index contributed by atoms with van der Waals surface area (Å²) < 4.78 is 5.19. The number of nitrogens with zero attached hydrogens (tertiary/aromatic N) is 1. The summed E-state index contributed by atoms with van der Waals surface area (Å²) in [6.07, 6.45) is 1.29. The van der Waals surface area contributed by atoms with E-state index in [1.54, 1.807) is 6.20 Å². The van der Waals surface area contributed by atoms with Crippen LogP contribution in [0.25, 0.3) is 0 Å². The summed E-state index contributed by atoms with van der Waals surface area (Å²) in [4.78, 5) is 15.9. The van der Waals surface area contributed by atoms with E-state index < -0.39 is 0 Å². The third-order valence-electron chi connectivity index (χ3n) is 2.95. The van der Waals surface area contributed by atoms with Gasteiger partial charge < -0.3 is 10.1 Å². The van der Waals surface area contributed by atoms with Crippen LogP contribution in [-0.4, -0.2) is 17.1 Å². The Morgan fingerprint density at radius 1 is 1.37 bits per heavy atom. The number of hydrogen-bond acceptors (Lipinski definition) is 3. The lowest BCUT2D eigenvalue weighted by molar-refractivity contribution is 0.117. The van der Waals surface area contributed by atoms with Gasteiger partial charge in [0.25, 0.3) is 0 Å². The lowest BCUT2D eigenvalue weighted by atomic mass is 9.80. The summed E-state index contributed by atoms with van der Waals surface area (Å²) in [7, 11) is 0. The largest absolute Gasteiger partial charge is 0.443 e. The first-order chi connectivity index (χ1) is 8.80. The molecule has 1 aromatic rings. The Bertz CT molecular complexity index is 396. The number of hydrogen-bond donors (Lipinski definition) is 1. The minimum Gasteiger partial charge on any atom is -0.443 e. The van der Waals surface area contributed by atoms with E-state index in [0.29, 0.717) is 5.92 Å². The van der Waals surface area contributed by atoms with Crippen LogP contribution in [0.5, 0.6) is 0 Å². The van der Waals surface area contributed by atoms with Crippen LogP contribution in [0.3, 0.4) is 0 Å². The normalized spacial score (nSPS) is 13.2. The molecule has 106 valence electrons. The van der Waals surface area contributed by atoms with Gasteiger partial charge in [-0.15, -0.1) is 0 Å². The fraction of sp³-hybridized carbons (Fsp3) is 0.600. The van der Waals surface area contributed by atoms with Crippen LogP contribution in [0, 0.1) is 11.3 Å². The molecular weight excluding hydrogens is 240 g/mol. The molecule has 19 heavy (non-hydrogen) atoms. The van der Waals surface area contributed by atoms with Crippen molar-refractivity contribution in [2.75, 3.05) is 0 Å². The van der Waals surface area contributed by atoms with Crippen LogP contribution in [-0.2, 0) is 11.3 Å². The highest BCUT2D eigenvalue weighted by Gasteiger charge is 2.29. The Morgan fingerprint density at radius 3 is 2.53 bits per heavy atom. The van der Waals surface area contributed by atoms with Gasteiger partial charge in [0.15, 0.2) is 0 Å². The van der Waals surface area contributed by atoms with Gasteiger partial charge in [-0.3, -0.25) is 4.98 Å². The van der Waals surface area contributed by atoms with Crippen molar-refractivity contribution in [1.82, 2.24) is 10.3 Å². The monoisotopic (exact) mass is 264 g/mol. The molecule has 0 aromatic carbocycles. The minimum atomic E-state index is -0.390. The summed E-state index contributed by atoms with van der Waals surface area (Å²) in [6, 6.07) is 5.61. The van der Waals surface area contributed by atoms with Gasteiger partial charge in [-0.25, -0.2) is 4.79 Å². The Hall–Kier alpha value is -1.58. The molecule has 1 aromatic heterocycles. The van der Waals surface area contributed by atoms with E-state index in [1.165, 1.54) is 0 Å².